The molecule has 41 heavy (non-hydrogen) atoms. The summed E-state index contributed by atoms with van der Waals surface area (Å²) in [5.74, 6) is -0.277. The van der Waals surface area contributed by atoms with E-state index < -0.39 is 0 Å². The van der Waals surface area contributed by atoms with Crippen LogP contribution in [0.2, 0.25) is 0 Å². The normalized spacial score (nSPS) is 12.7. The Labute approximate surface area is 240 Å². The molecule has 0 saturated carbocycles. The summed E-state index contributed by atoms with van der Waals surface area (Å²) in [6, 6.07) is 39.4. The van der Waals surface area contributed by atoms with E-state index >= 15 is 0 Å². The highest BCUT2D eigenvalue weighted by molar-refractivity contribution is 6.02. The summed E-state index contributed by atoms with van der Waals surface area (Å²) in [7, 11) is 1.58. The molecule has 2 N–H and O–H groups in total. The smallest absolute Gasteiger partial charge is 0.253 e. The van der Waals surface area contributed by atoms with Crippen molar-refractivity contribution >= 4 is 35.1 Å². The second-order valence-electron chi connectivity index (χ2n) is 10.7. The van der Waals surface area contributed by atoms with Gasteiger partial charge in [-0.15, -0.1) is 0 Å². The van der Waals surface area contributed by atoms with Crippen LogP contribution in [0, 0.1) is 0 Å². The van der Waals surface area contributed by atoms with Gasteiger partial charge in [0.1, 0.15) is 0 Å². The Bertz CT molecular complexity index is 1760. The molecule has 0 aromatic heterocycles. The molecule has 1 aliphatic carbocycles. The second kappa shape index (κ2) is 10.4. The quantitative estimate of drug-likeness (QED) is 0.207. The lowest BCUT2D eigenvalue weighted by molar-refractivity contribution is -0.105. The number of nitrogens with zero attached hydrogens (tertiary/aromatic N) is 1. The van der Waals surface area contributed by atoms with Crippen LogP contribution >= 0.6 is 0 Å². The highest BCUT2D eigenvalue weighted by Gasteiger charge is 2.35. The number of fused-ring (bicyclic) bond motifs is 3. The molecular weight excluding hydrogens is 506 g/mol. The molecule has 5 aromatic rings. The van der Waals surface area contributed by atoms with Gasteiger partial charge in [0.15, 0.2) is 0 Å². The van der Waals surface area contributed by atoms with Crippen molar-refractivity contribution in [3.05, 3.63) is 132 Å². The van der Waals surface area contributed by atoms with Gasteiger partial charge in [-0.2, -0.15) is 0 Å². The van der Waals surface area contributed by atoms with E-state index in [1.165, 1.54) is 22.3 Å². The number of amides is 2. The molecule has 0 radical (unpaired) electrons. The average molecular weight is 538 g/mol. The van der Waals surface area contributed by atoms with Gasteiger partial charge in [-0.3, -0.25) is 9.59 Å². The van der Waals surface area contributed by atoms with E-state index in [0.29, 0.717) is 17.7 Å². The summed E-state index contributed by atoms with van der Waals surface area (Å²) in [4.78, 5) is 26.3. The molecule has 1 aliphatic rings. The number of carbonyl (C=O) groups is 2. The van der Waals surface area contributed by atoms with E-state index in [9.17, 15) is 9.59 Å². The SMILES string of the molecule is CNC(=O)c1cc(N(c2ccc(-c3ccccc3)cc2)c2ccc3c(c2)C(C)(C)c2ccccc2-3)ccc1NC=O. The van der Waals surface area contributed by atoms with Crippen LogP contribution in [-0.2, 0) is 10.2 Å². The Morgan fingerprint density at radius 3 is 2.02 bits per heavy atom. The summed E-state index contributed by atoms with van der Waals surface area (Å²) < 4.78 is 0. The summed E-state index contributed by atoms with van der Waals surface area (Å²) in [5.41, 5.74) is 10.8. The lowest BCUT2D eigenvalue weighted by Gasteiger charge is -2.29. The van der Waals surface area contributed by atoms with Crippen molar-refractivity contribution in [1.82, 2.24) is 5.32 Å². The van der Waals surface area contributed by atoms with Gasteiger partial charge in [-0.25, -0.2) is 0 Å². The summed E-state index contributed by atoms with van der Waals surface area (Å²) >= 11 is 0. The van der Waals surface area contributed by atoms with Crippen molar-refractivity contribution in [3.63, 3.8) is 0 Å². The van der Waals surface area contributed by atoms with Gasteiger partial charge < -0.3 is 15.5 Å². The minimum absolute atomic E-state index is 0.157. The predicted molar refractivity (Wildman–Crippen MR) is 167 cm³/mol. The number of hydrogen-bond donors (Lipinski definition) is 2. The second-order valence-corrected chi connectivity index (χ2v) is 10.7. The first-order valence-electron chi connectivity index (χ1n) is 13.7. The summed E-state index contributed by atoms with van der Waals surface area (Å²) in [5, 5.41) is 5.35. The zero-order valence-electron chi connectivity index (χ0n) is 23.3. The summed E-state index contributed by atoms with van der Waals surface area (Å²) in [6.45, 7) is 4.54. The van der Waals surface area contributed by atoms with Crippen LogP contribution in [0.25, 0.3) is 22.3 Å². The van der Waals surface area contributed by atoms with Crippen molar-refractivity contribution in [1.29, 1.82) is 0 Å². The van der Waals surface area contributed by atoms with Crippen LogP contribution in [-0.4, -0.2) is 19.4 Å². The molecule has 0 spiro atoms. The van der Waals surface area contributed by atoms with Crippen LogP contribution in [0.4, 0.5) is 22.7 Å². The van der Waals surface area contributed by atoms with Gasteiger partial charge in [-0.05, 0) is 75.8 Å². The molecule has 5 nitrogen and oxygen atoms in total. The summed E-state index contributed by atoms with van der Waals surface area (Å²) in [6.07, 6.45) is 0.585. The zero-order chi connectivity index (χ0) is 28.6. The van der Waals surface area contributed by atoms with Crippen molar-refractivity contribution in [2.75, 3.05) is 17.3 Å². The molecule has 0 unspecified atom stereocenters. The third-order valence-corrected chi connectivity index (χ3v) is 8.01. The topological polar surface area (TPSA) is 61.4 Å². The first kappa shape index (κ1) is 26.1. The van der Waals surface area contributed by atoms with Gasteiger partial charge in [0.05, 0.1) is 11.3 Å². The molecule has 6 rings (SSSR count). The van der Waals surface area contributed by atoms with Gasteiger partial charge in [0, 0.05) is 29.5 Å². The van der Waals surface area contributed by atoms with Gasteiger partial charge >= 0.3 is 0 Å². The number of rotatable bonds is 7. The van der Waals surface area contributed by atoms with Crippen LogP contribution < -0.4 is 15.5 Å². The Hall–Kier alpha value is -5.16. The van der Waals surface area contributed by atoms with E-state index in [-0.39, 0.29) is 11.3 Å². The first-order chi connectivity index (χ1) is 19.9. The Morgan fingerprint density at radius 1 is 0.683 bits per heavy atom. The van der Waals surface area contributed by atoms with Crippen molar-refractivity contribution < 1.29 is 9.59 Å². The van der Waals surface area contributed by atoms with E-state index in [1.54, 1.807) is 13.1 Å². The molecule has 5 aromatic carbocycles. The minimum atomic E-state index is -0.277. The molecule has 0 fully saturated rings. The number of benzene rings is 5. The zero-order valence-corrected chi connectivity index (χ0v) is 23.3. The van der Waals surface area contributed by atoms with Gasteiger partial charge in [-0.1, -0.05) is 86.6 Å². The third kappa shape index (κ3) is 4.55. The molecule has 0 saturated heterocycles. The number of anilines is 4. The highest BCUT2D eigenvalue weighted by Crippen LogP contribution is 2.50. The molecule has 202 valence electrons. The van der Waals surface area contributed by atoms with Gasteiger partial charge in [0.25, 0.3) is 5.91 Å². The Morgan fingerprint density at radius 2 is 1.29 bits per heavy atom. The van der Waals surface area contributed by atoms with Crippen LogP contribution in [0.15, 0.2) is 115 Å². The molecule has 0 atom stereocenters. The number of nitrogens with one attached hydrogen (secondary N) is 2. The van der Waals surface area contributed by atoms with Gasteiger partial charge in [0.2, 0.25) is 6.41 Å². The lowest BCUT2D eigenvalue weighted by Crippen LogP contribution is -2.20. The molecule has 5 heteroatoms. The fraction of sp³-hybridized carbons (Fsp3) is 0.111. The maximum absolute atomic E-state index is 12.8. The van der Waals surface area contributed by atoms with E-state index in [4.69, 9.17) is 0 Å². The van der Waals surface area contributed by atoms with Crippen LogP contribution in [0.3, 0.4) is 0 Å². The molecule has 0 bridgehead atoms. The minimum Gasteiger partial charge on any atom is -0.355 e. The molecule has 0 aliphatic heterocycles. The van der Waals surface area contributed by atoms with Crippen molar-refractivity contribution in [2.24, 2.45) is 0 Å². The van der Waals surface area contributed by atoms with Crippen molar-refractivity contribution in [3.8, 4) is 22.3 Å². The molecular formula is C36H31N3O2. The fourth-order valence-corrected chi connectivity index (χ4v) is 5.90. The maximum Gasteiger partial charge on any atom is 0.253 e. The average Bonchev–Trinajstić information content (AvgIpc) is 3.24. The standard InChI is InChI=1S/C36H31N3O2/c1-36(2)32-12-8-7-11-29(32)30-19-17-28(22-33(30)36)39(26-15-13-25(14-16-26)24-9-5-4-6-10-24)27-18-20-34(38-23-40)31(21-27)35(41)37-3/h4-23H,1-3H3,(H,37,41)(H,38,40). The molecule has 2 amide bonds. The monoisotopic (exact) mass is 537 g/mol. The largest absolute Gasteiger partial charge is 0.355 e. The van der Waals surface area contributed by atoms with Crippen LogP contribution in [0.5, 0.6) is 0 Å². The Kier molecular flexibility index (Phi) is 6.64. The predicted octanol–water partition coefficient (Wildman–Crippen LogP) is 8.06. The highest BCUT2D eigenvalue weighted by atomic mass is 16.1. The third-order valence-electron chi connectivity index (χ3n) is 8.01. The fourth-order valence-electron chi connectivity index (χ4n) is 5.90. The van der Waals surface area contributed by atoms with E-state index in [1.807, 2.05) is 30.3 Å². The molecule has 0 heterocycles. The van der Waals surface area contributed by atoms with Crippen molar-refractivity contribution in [2.45, 2.75) is 19.3 Å². The van der Waals surface area contributed by atoms with E-state index in [2.05, 4.69) is 108 Å². The van der Waals surface area contributed by atoms with E-state index in [0.717, 1.165) is 28.2 Å². The first-order valence-corrected chi connectivity index (χ1v) is 13.7. The number of hydrogen-bond acceptors (Lipinski definition) is 3. The number of carbonyl (C=O) groups excluding carboxylic acids is 2. The van der Waals surface area contributed by atoms with Crippen LogP contribution in [0.1, 0.15) is 35.3 Å². The Balaban J connectivity index is 1.52. The lowest BCUT2D eigenvalue weighted by atomic mass is 9.82. The maximum atomic E-state index is 12.8.